The highest BCUT2D eigenvalue weighted by Crippen LogP contribution is 2.36. The average Bonchev–Trinajstić information content (AvgIpc) is 3.26. The van der Waals surface area contributed by atoms with Gasteiger partial charge in [0, 0.05) is 19.2 Å². The van der Waals surface area contributed by atoms with E-state index in [1.54, 1.807) is 35.9 Å². The lowest BCUT2D eigenvalue weighted by Crippen LogP contribution is -2.15. The molecule has 0 spiro atoms. The highest BCUT2D eigenvalue weighted by Gasteiger charge is 2.17. The van der Waals surface area contributed by atoms with E-state index in [4.69, 9.17) is 25.5 Å². The van der Waals surface area contributed by atoms with Crippen LogP contribution in [0, 0.1) is 0 Å². The Bertz CT molecular complexity index is 1010. The fraction of sp³-hybridized carbons (Fsp3) is 0.235. The molecule has 0 aliphatic heterocycles. The number of aromatic nitrogens is 3. The largest absolute Gasteiger partial charge is 0.495 e. The van der Waals surface area contributed by atoms with E-state index in [1.807, 2.05) is 0 Å². The third-order valence-electron chi connectivity index (χ3n) is 3.71. The van der Waals surface area contributed by atoms with Crippen molar-refractivity contribution < 1.29 is 18.7 Å². The standard InChI is InChI=1S/C17H16BrClN4O4S/c1-23-16(11-4-5-14(18)27-11)21-22-17(23)28-8-15(24)20-10-7-12(25-2)9(19)6-13(10)26-3/h4-7H,8H2,1-3H3,(H,20,24). The Labute approximate surface area is 178 Å². The van der Waals surface area contributed by atoms with Gasteiger partial charge in [-0.25, -0.2) is 0 Å². The van der Waals surface area contributed by atoms with Gasteiger partial charge in [0.2, 0.25) is 5.91 Å². The van der Waals surface area contributed by atoms with Crippen molar-refractivity contribution in [2.45, 2.75) is 5.16 Å². The number of hydrogen-bond donors (Lipinski definition) is 1. The topological polar surface area (TPSA) is 91.4 Å². The summed E-state index contributed by atoms with van der Waals surface area (Å²) in [4.78, 5) is 12.4. The first-order valence-corrected chi connectivity index (χ1v) is 10.1. The Morgan fingerprint density at radius 3 is 2.68 bits per heavy atom. The van der Waals surface area contributed by atoms with Crippen LogP contribution >= 0.6 is 39.3 Å². The molecule has 0 atom stereocenters. The molecule has 0 radical (unpaired) electrons. The van der Waals surface area contributed by atoms with Crippen molar-refractivity contribution in [3.05, 3.63) is 34.0 Å². The molecule has 1 aromatic carbocycles. The third-order valence-corrected chi connectivity index (χ3v) is 5.45. The summed E-state index contributed by atoms with van der Waals surface area (Å²) in [5, 5.41) is 12.0. The minimum atomic E-state index is -0.238. The minimum Gasteiger partial charge on any atom is -0.495 e. The lowest BCUT2D eigenvalue weighted by atomic mass is 10.2. The van der Waals surface area contributed by atoms with E-state index in [-0.39, 0.29) is 11.7 Å². The lowest BCUT2D eigenvalue weighted by molar-refractivity contribution is -0.113. The van der Waals surface area contributed by atoms with Gasteiger partial charge >= 0.3 is 0 Å². The number of thioether (sulfide) groups is 1. The zero-order valence-electron chi connectivity index (χ0n) is 15.2. The van der Waals surface area contributed by atoms with Crippen molar-refractivity contribution in [1.82, 2.24) is 14.8 Å². The zero-order chi connectivity index (χ0) is 20.3. The Hall–Kier alpha value is -2.17. The molecule has 11 heteroatoms. The second kappa shape index (κ2) is 8.89. The van der Waals surface area contributed by atoms with E-state index >= 15 is 0 Å². The first-order chi connectivity index (χ1) is 13.4. The molecule has 0 aliphatic carbocycles. The predicted octanol–water partition coefficient (Wildman–Crippen LogP) is 4.24. The predicted molar refractivity (Wildman–Crippen MR) is 110 cm³/mol. The van der Waals surface area contributed by atoms with Crippen molar-refractivity contribution in [3.63, 3.8) is 0 Å². The van der Waals surface area contributed by atoms with Crippen molar-refractivity contribution in [2.75, 3.05) is 25.3 Å². The summed E-state index contributed by atoms with van der Waals surface area (Å²) in [6.45, 7) is 0. The normalized spacial score (nSPS) is 10.8. The lowest BCUT2D eigenvalue weighted by Gasteiger charge is -2.13. The van der Waals surface area contributed by atoms with Gasteiger partial charge in [-0.15, -0.1) is 10.2 Å². The summed E-state index contributed by atoms with van der Waals surface area (Å²) in [6, 6.07) is 6.76. The van der Waals surface area contributed by atoms with Gasteiger partial charge in [-0.05, 0) is 28.1 Å². The van der Waals surface area contributed by atoms with Crippen LogP contribution in [0.3, 0.4) is 0 Å². The number of anilines is 1. The first-order valence-electron chi connectivity index (χ1n) is 7.92. The van der Waals surface area contributed by atoms with Crippen LogP contribution in [0.5, 0.6) is 11.5 Å². The van der Waals surface area contributed by atoms with Gasteiger partial charge in [-0.2, -0.15) is 0 Å². The molecule has 0 bridgehead atoms. The summed E-state index contributed by atoms with van der Waals surface area (Å²) >= 11 is 10.6. The number of amides is 1. The fourth-order valence-electron chi connectivity index (χ4n) is 2.36. The number of halogens is 2. The van der Waals surface area contributed by atoms with E-state index in [0.29, 0.717) is 43.6 Å². The second-order valence-electron chi connectivity index (χ2n) is 5.49. The maximum absolute atomic E-state index is 12.4. The van der Waals surface area contributed by atoms with Crippen molar-refractivity contribution in [1.29, 1.82) is 0 Å². The van der Waals surface area contributed by atoms with Gasteiger partial charge in [-0.3, -0.25) is 4.79 Å². The van der Waals surface area contributed by atoms with E-state index in [2.05, 4.69) is 31.4 Å². The molecule has 3 aromatic rings. The van der Waals surface area contributed by atoms with Crippen molar-refractivity contribution in [2.24, 2.45) is 7.05 Å². The highest BCUT2D eigenvalue weighted by molar-refractivity contribution is 9.10. The molecule has 1 amide bonds. The van der Waals surface area contributed by atoms with Gasteiger partial charge < -0.3 is 23.8 Å². The molecule has 1 N–H and O–H groups in total. The molecule has 0 aliphatic rings. The summed E-state index contributed by atoms with van der Waals surface area (Å²) in [6.07, 6.45) is 0. The van der Waals surface area contributed by atoms with Crippen molar-refractivity contribution in [3.8, 4) is 23.1 Å². The van der Waals surface area contributed by atoms with Gasteiger partial charge in [0.25, 0.3) is 0 Å². The summed E-state index contributed by atoms with van der Waals surface area (Å²) in [5.41, 5.74) is 0.466. The molecule has 0 unspecified atom stereocenters. The minimum absolute atomic E-state index is 0.127. The van der Waals surface area contributed by atoms with Crippen LogP contribution < -0.4 is 14.8 Å². The smallest absolute Gasteiger partial charge is 0.234 e. The number of carbonyl (C=O) groups excluding carboxylic acids is 1. The summed E-state index contributed by atoms with van der Waals surface area (Å²) < 4.78 is 18.3. The van der Waals surface area contributed by atoms with Gasteiger partial charge in [-0.1, -0.05) is 23.4 Å². The zero-order valence-corrected chi connectivity index (χ0v) is 18.3. The number of methoxy groups -OCH3 is 2. The van der Waals surface area contributed by atoms with Crippen LogP contribution in [0.25, 0.3) is 11.6 Å². The fourth-order valence-corrected chi connectivity index (χ4v) is 3.61. The van der Waals surface area contributed by atoms with Crippen LogP contribution in [-0.2, 0) is 11.8 Å². The number of benzene rings is 1. The van der Waals surface area contributed by atoms with Crippen LogP contribution in [0.1, 0.15) is 0 Å². The highest BCUT2D eigenvalue weighted by atomic mass is 79.9. The first kappa shape index (κ1) is 20.6. The van der Waals surface area contributed by atoms with E-state index in [0.717, 1.165) is 0 Å². The number of nitrogens with one attached hydrogen (secondary N) is 1. The van der Waals surface area contributed by atoms with Crippen molar-refractivity contribution >= 4 is 50.9 Å². The Morgan fingerprint density at radius 2 is 2.04 bits per heavy atom. The molecular weight excluding hydrogens is 472 g/mol. The number of rotatable bonds is 7. The van der Waals surface area contributed by atoms with Crippen LogP contribution in [0.15, 0.2) is 38.5 Å². The molecular formula is C17H16BrClN4O4S. The number of hydrogen-bond acceptors (Lipinski definition) is 7. The molecule has 148 valence electrons. The molecule has 8 nitrogen and oxygen atoms in total. The molecule has 0 saturated heterocycles. The number of carbonyl (C=O) groups is 1. The van der Waals surface area contributed by atoms with Crippen LogP contribution in [-0.4, -0.2) is 40.6 Å². The Kier molecular flexibility index (Phi) is 6.53. The van der Waals surface area contributed by atoms with Gasteiger partial charge in [0.05, 0.1) is 30.7 Å². The molecule has 28 heavy (non-hydrogen) atoms. The summed E-state index contributed by atoms with van der Waals surface area (Å²) in [5.74, 6) is 1.91. The van der Waals surface area contributed by atoms with E-state index in [1.165, 1.54) is 26.0 Å². The van der Waals surface area contributed by atoms with Gasteiger partial charge in [0.1, 0.15) is 11.5 Å². The van der Waals surface area contributed by atoms with Crippen LogP contribution in [0.2, 0.25) is 5.02 Å². The molecule has 2 heterocycles. The van der Waals surface area contributed by atoms with E-state index in [9.17, 15) is 4.79 Å². The second-order valence-corrected chi connectivity index (χ2v) is 7.62. The number of nitrogens with zero attached hydrogens (tertiary/aromatic N) is 3. The Morgan fingerprint density at radius 1 is 1.29 bits per heavy atom. The maximum Gasteiger partial charge on any atom is 0.234 e. The molecule has 0 fully saturated rings. The van der Waals surface area contributed by atoms with E-state index < -0.39 is 0 Å². The number of ether oxygens (including phenoxy) is 2. The molecule has 0 saturated carbocycles. The van der Waals surface area contributed by atoms with Crippen LogP contribution in [0.4, 0.5) is 5.69 Å². The molecule has 3 rings (SSSR count). The quantitative estimate of drug-likeness (QED) is 0.498. The number of furan rings is 1. The SMILES string of the molecule is COc1cc(NC(=O)CSc2nnc(-c3ccc(Br)o3)n2C)c(OC)cc1Cl. The monoisotopic (exact) mass is 486 g/mol. The third kappa shape index (κ3) is 4.45. The summed E-state index contributed by atoms with van der Waals surface area (Å²) in [7, 11) is 4.80. The Balaban J connectivity index is 1.68. The average molecular weight is 488 g/mol. The maximum atomic E-state index is 12.4. The van der Waals surface area contributed by atoms with Gasteiger partial charge in [0.15, 0.2) is 21.4 Å². The molecule has 2 aromatic heterocycles.